The third-order valence-corrected chi connectivity index (χ3v) is 7.57. The SMILES string of the molecule is CCOc1ccc(NC(=O)CSC2=Nc3ccccc3C3=N[C@H](CC(=O)NCc4ccc5c(c4)OCO5)C(=O)N23)cc1. The Morgan fingerprint density at radius 1 is 1.05 bits per heavy atom. The second-order valence-electron chi connectivity index (χ2n) is 9.52. The number of nitrogens with one attached hydrogen (secondary N) is 2. The lowest BCUT2D eigenvalue weighted by Gasteiger charge is -2.25. The highest BCUT2D eigenvalue weighted by Crippen LogP contribution is 2.35. The summed E-state index contributed by atoms with van der Waals surface area (Å²) in [7, 11) is 0. The Balaban J connectivity index is 1.10. The highest BCUT2D eigenvalue weighted by Gasteiger charge is 2.42. The zero-order valence-corrected chi connectivity index (χ0v) is 23.5. The molecule has 0 saturated heterocycles. The van der Waals surface area contributed by atoms with Gasteiger partial charge in [0.2, 0.25) is 18.6 Å². The minimum atomic E-state index is -0.911. The number of benzene rings is 3. The summed E-state index contributed by atoms with van der Waals surface area (Å²) in [6.07, 6.45) is -0.123. The third kappa shape index (κ3) is 5.79. The average molecular weight is 586 g/mol. The predicted octanol–water partition coefficient (Wildman–Crippen LogP) is 3.85. The van der Waals surface area contributed by atoms with Crippen LogP contribution >= 0.6 is 11.8 Å². The molecule has 3 aliphatic heterocycles. The number of amidine groups is 2. The number of carbonyl (C=O) groups excluding carboxylic acids is 3. The minimum Gasteiger partial charge on any atom is -0.494 e. The molecule has 0 unspecified atom stereocenters. The summed E-state index contributed by atoms with van der Waals surface area (Å²) in [5.74, 6) is 1.52. The number of carbonyl (C=O) groups is 3. The van der Waals surface area contributed by atoms with Crippen molar-refractivity contribution in [3.8, 4) is 17.2 Å². The van der Waals surface area contributed by atoms with Crippen LogP contribution in [-0.4, -0.2) is 58.8 Å². The number of hydrogen-bond acceptors (Lipinski definition) is 9. The monoisotopic (exact) mass is 585 g/mol. The molecule has 1 atom stereocenters. The number of fused-ring (bicyclic) bond motifs is 4. The van der Waals surface area contributed by atoms with Crippen LogP contribution in [0.5, 0.6) is 17.2 Å². The fourth-order valence-electron chi connectivity index (χ4n) is 4.66. The van der Waals surface area contributed by atoms with E-state index in [0.717, 1.165) is 23.1 Å². The largest absolute Gasteiger partial charge is 0.494 e. The van der Waals surface area contributed by atoms with E-state index in [1.807, 2.05) is 43.3 Å². The van der Waals surface area contributed by atoms with Crippen molar-refractivity contribution in [2.24, 2.45) is 9.98 Å². The second kappa shape index (κ2) is 12.0. The molecular formula is C30H27N5O6S. The lowest BCUT2D eigenvalue weighted by atomic mass is 10.1. The molecule has 12 heteroatoms. The Labute approximate surface area is 246 Å². The van der Waals surface area contributed by atoms with Gasteiger partial charge in [-0.3, -0.25) is 19.4 Å². The number of rotatable bonds is 9. The maximum atomic E-state index is 13.5. The Morgan fingerprint density at radius 2 is 1.86 bits per heavy atom. The van der Waals surface area contributed by atoms with Crippen molar-refractivity contribution >= 4 is 51.9 Å². The minimum absolute atomic E-state index is 0.0198. The van der Waals surface area contributed by atoms with Gasteiger partial charge >= 0.3 is 0 Å². The van der Waals surface area contributed by atoms with Crippen LogP contribution in [0.4, 0.5) is 11.4 Å². The van der Waals surface area contributed by atoms with Gasteiger partial charge in [-0.1, -0.05) is 30.0 Å². The highest BCUT2D eigenvalue weighted by atomic mass is 32.2. The molecule has 42 heavy (non-hydrogen) atoms. The van der Waals surface area contributed by atoms with Gasteiger partial charge in [0.05, 0.1) is 24.5 Å². The Kier molecular flexibility index (Phi) is 7.78. The summed E-state index contributed by atoms with van der Waals surface area (Å²) >= 11 is 1.13. The van der Waals surface area contributed by atoms with Gasteiger partial charge in [-0.15, -0.1) is 0 Å². The summed E-state index contributed by atoms with van der Waals surface area (Å²) in [6.45, 7) is 2.90. The Hall–Kier alpha value is -4.84. The van der Waals surface area contributed by atoms with E-state index >= 15 is 0 Å². The number of anilines is 1. The summed E-state index contributed by atoms with van der Waals surface area (Å²) in [6, 6.07) is 19.0. The van der Waals surface area contributed by atoms with Gasteiger partial charge < -0.3 is 24.8 Å². The summed E-state index contributed by atoms with van der Waals surface area (Å²) in [5.41, 5.74) is 2.81. The van der Waals surface area contributed by atoms with Crippen LogP contribution in [-0.2, 0) is 20.9 Å². The molecule has 0 bridgehead atoms. The number of hydrogen-bond donors (Lipinski definition) is 2. The van der Waals surface area contributed by atoms with Gasteiger partial charge in [0.25, 0.3) is 5.91 Å². The molecule has 2 N–H and O–H groups in total. The van der Waals surface area contributed by atoms with Gasteiger partial charge in [0, 0.05) is 17.8 Å². The molecule has 3 aromatic carbocycles. The number of nitrogens with zero attached hydrogens (tertiary/aromatic N) is 3. The van der Waals surface area contributed by atoms with E-state index in [-0.39, 0.29) is 43.2 Å². The number of aliphatic imine (C=N–C) groups is 2. The topological polar surface area (TPSA) is 131 Å². The zero-order valence-electron chi connectivity index (χ0n) is 22.7. The molecule has 0 fully saturated rings. The van der Waals surface area contributed by atoms with Crippen molar-refractivity contribution in [3.63, 3.8) is 0 Å². The van der Waals surface area contributed by atoms with Crippen LogP contribution in [0.1, 0.15) is 24.5 Å². The van der Waals surface area contributed by atoms with E-state index in [0.29, 0.717) is 46.0 Å². The highest BCUT2D eigenvalue weighted by molar-refractivity contribution is 8.14. The first-order valence-electron chi connectivity index (χ1n) is 13.4. The summed E-state index contributed by atoms with van der Waals surface area (Å²) in [5, 5.41) is 6.03. The fraction of sp³-hybridized carbons (Fsp3) is 0.233. The van der Waals surface area contributed by atoms with Crippen molar-refractivity contribution in [1.82, 2.24) is 10.2 Å². The van der Waals surface area contributed by atoms with Gasteiger partial charge in [-0.05, 0) is 61.0 Å². The van der Waals surface area contributed by atoms with Gasteiger partial charge in [-0.2, -0.15) is 0 Å². The first kappa shape index (κ1) is 27.3. The van der Waals surface area contributed by atoms with Crippen LogP contribution in [0, 0.1) is 0 Å². The van der Waals surface area contributed by atoms with Gasteiger partial charge in [0.1, 0.15) is 17.6 Å². The molecule has 11 nitrogen and oxygen atoms in total. The van der Waals surface area contributed by atoms with E-state index in [1.165, 1.54) is 4.90 Å². The van der Waals surface area contributed by atoms with E-state index < -0.39 is 6.04 Å². The maximum absolute atomic E-state index is 13.5. The van der Waals surface area contributed by atoms with Gasteiger partial charge in [0.15, 0.2) is 16.7 Å². The number of para-hydroxylation sites is 1. The second-order valence-corrected chi connectivity index (χ2v) is 10.5. The molecule has 0 spiro atoms. The standard InChI is InChI=1S/C30H27N5O6S/c1-2-39-20-10-8-19(9-11-20)32-27(37)16-42-30-34-22-6-4-3-5-21(22)28-33-23(29(38)35(28)30)14-26(36)31-15-18-7-12-24-25(13-18)41-17-40-24/h3-13,23H,2,14-17H2,1H3,(H,31,36)(H,32,37)/t23-/m1/s1. The van der Waals surface area contributed by atoms with Crippen molar-refractivity contribution in [1.29, 1.82) is 0 Å². The Bertz CT molecular complexity index is 1610. The Morgan fingerprint density at radius 3 is 2.69 bits per heavy atom. The van der Waals surface area contributed by atoms with Crippen LogP contribution in [0.3, 0.4) is 0 Å². The predicted molar refractivity (Wildman–Crippen MR) is 158 cm³/mol. The van der Waals surface area contributed by atoms with E-state index in [4.69, 9.17) is 14.2 Å². The van der Waals surface area contributed by atoms with Crippen molar-refractivity contribution in [2.45, 2.75) is 25.9 Å². The first-order valence-corrected chi connectivity index (χ1v) is 14.4. The van der Waals surface area contributed by atoms with Crippen LogP contribution < -0.4 is 24.8 Å². The fourth-order valence-corrected chi connectivity index (χ4v) is 5.46. The molecule has 0 aliphatic carbocycles. The number of thioether (sulfide) groups is 1. The lowest BCUT2D eigenvalue weighted by molar-refractivity contribution is -0.128. The van der Waals surface area contributed by atoms with Crippen molar-refractivity contribution in [3.05, 3.63) is 77.9 Å². The van der Waals surface area contributed by atoms with Crippen LogP contribution in [0.2, 0.25) is 0 Å². The average Bonchev–Trinajstić information content (AvgIpc) is 3.60. The number of amides is 3. The molecule has 3 heterocycles. The zero-order chi connectivity index (χ0) is 29.1. The quantitative estimate of drug-likeness (QED) is 0.390. The molecular weight excluding hydrogens is 558 g/mol. The molecule has 3 aromatic rings. The first-order chi connectivity index (χ1) is 20.5. The molecule has 3 amide bonds. The summed E-state index contributed by atoms with van der Waals surface area (Å²) < 4.78 is 16.2. The number of ether oxygens (including phenoxy) is 3. The lowest BCUT2D eigenvalue weighted by Crippen LogP contribution is -2.42. The van der Waals surface area contributed by atoms with E-state index in [2.05, 4.69) is 20.6 Å². The molecule has 214 valence electrons. The van der Waals surface area contributed by atoms with E-state index in [1.54, 1.807) is 30.3 Å². The molecule has 0 radical (unpaired) electrons. The molecule has 6 rings (SSSR count). The van der Waals surface area contributed by atoms with Crippen LogP contribution in [0.15, 0.2) is 76.7 Å². The van der Waals surface area contributed by atoms with E-state index in [9.17, 15) is 14.4 Å². The molecule has 0 aromatic heterocycles. The summed E-state index contributed by atoms with van der Waals surface area (Å²) in [4.78, 5) is 49.8. The normalized spacial score (nSPS) is 16.3. The van der Waals surface area contributed by atoms with Crippen LogP contribution in [0.25, 0.3) is 0 Å². The molecule has 3 aliphatic rings. The molecule has 0 saturated carbocycles. The van der Waals surface area contributed by atoms with Crippen molar-refractivity contribution in [2.75, 3.05) is 24.5 Å². The maximum Gasteiger partial charge on any atom is 0.259 e. The van der Waals surface area contributed by atoms with Gasteiger partial charge in [-0.25, -0.2) is 9.89 Å². The smallest absolute Gasteiger partial charge is 0.259 e. The van der Waals surface area contributed by atoms with Crippen molar-refractivity contribution < 1.29 is 28.6 Å². The third-order valence-electron chi connectivity index (χ3n) is 6.63.